The van der Waals surface area contributed by atoms with Crippen LogP contribution in [0.25, 0.3) is 0 Å². The summed E-state index contributed by atoms with van der Waals surface area (Å²) in [5, 5.41) is 0. The van der Waals surface area contributed by atoms with E-state index in [0.717, 1.165) is 5.56 Å². The molecule has 5 heteroatoms. The molecule has 4 aromatic rings. The number of carbonyl (C=O) groups excluding carboxylic acids is 3. The number of nitrogens with zero attached hydrogens (tertiary/aromatic N) is 1. The summed E-state index contributed by atoms with van der Waals surface area (Å²) >= 11 is 0. The average Bonchev–Trinajstić information content (AvgIpc) is 2.89. The van der Waals surface area contributed by atoms with Crippen LogP contribution in [0.1, 0.15) is 36.6 Å². The lowest BCUT2D eigenvalue weighted by molar-refractivity contribution is 0.0472. The molecule has 0 unspecified atom stereocenters. The summed E-state index contributed by atoms with van der Waals surface area (Å²) < 4.78 is 5.30. The average molecular weight is 450 g/mol. The van der Waals surface area contributed by atoms with Gasteiger partial charge in [0.15, 0.2) is 12.4 Å². The highest BCUT2D eigenvalue weighted by atomic mass is 16.5. The Hall–Kier alpha value is -4.51. The van der Waals surface area contributed by atoms with Gasteiger partial charge in [-0.25, -0.2) is 4.79 Å². The number of amides is 1. The van der Waals surface area contributed by atoms with Gasteiger partial charge in [-0.2, -0.15) is 0 Å². The van der Waals surface area contributed by atoms with Gasteiger partial charge in [-0.3, -0.25) is 14.5 Å². The Morgan fingerprint density at radius 3 is 1.71 bits per heavy atom. The van der Waals surface area contributed by atoms with Crippen LogP contribution >= 0.6 is 0 Å². The zero-order valence-electron chi connectivity index (χ0n) is 18.7. The van der Waals surface area contributed by atoms with Crippen molar-refractivity contribution >= 4 is 29.0 Å². The molecule has 0 aliphatic rings. The van der Waals surface area contributed by atoms with Gasteiger partial charge in [-0.15, -0.1) is 0 Å². The van der Waals surface area contributed by atoms with Gasteiger partial charge in [-0.05, 0) is 43.3 Å². The van der Waals surface area contributed by atoms with E-state index in [4.69, 9.17) is 4.74 Å². The smallest absolute Gasteiger partial charge is 0.339 e. The summed E-state index contributed by atoms with van der Waals surface area (Å²) in [4.78, 5) is 40.6. The van der Waals surface area contributed by atoms with Crippen molar-refractivity contribution in [3.05, 3.63) is 131 Å². The van der Waals surface area contributed by atoms with Crippen molar-refractivity contribution in [3.63, 3.8) is 0 Å². The SMILES string of the molecule is Cc1ccc(C(=O)COC(=O)c2ccccc2C(=O)N(c2ccccc2)c2ccccc2)cc1. The molecule has 0 radical (unpaired) electrons. The molecule has 1 amide bonds. The number of benzene rings is 4. The molecular formula is C29H23NO4. The minimum atomic E-state index is -0.731. The standard InChI is InChI=1S/C29H23NO4/c1-21-16-18-22(19-17-21)27(31)20-34-29(33)26-15-9-8-14-25(26)28(32)30(23-10-4-2-5-11-23)24-12-6-3-7-13-24/h2-19H,20H2,1H3. The summed E-state index contributed by atoms with van der Waals surface area (Å²) in [6.45, 7) is 1.52. The minimum Gasteiger partial charge on any atom is -0.454 e. The first-order chi connectivity index (χ1) is 16.5. The van der Waals surface area contributed by atoms with Crippen molar-refractivity contribution in [2.75, 3.05) is 11.5 Å². The number of hydrogen-bond acceptors (Lipinski definition) is 4. The van der Waals surface area contributed by atoms with Crippen LogP contribution < -0.4 is 4.90 Å². The number of ketones is 1. The van der Waals surface area contributed by atoms with Crippen LogP contribution in [-0.4, -0.2) is 24.3 Å². The second-order valence-electron chi connectivity index (χ2n) is 7.72. The molecule has 168 valence electrons. The van der Waals surface area contributed by atoms with E-state index < -0.39 is 12.6 Å². The van der Waals surface area contributed by atoms with Crippen molar-refractivity contribution in [2.45, 2.75) is 6.92 Å². The van der Waals surface area contributed by atoms with Gasteiger partial charge in [0, 0.05) is 16.9 Å². The maximum absolute atomic E-state index is 13.7. The van der Waals surface area contributed by atoms with E-state index in [2.05, 4.69) is 0 Å². The van der Waals surface area contributed by atoms with Crippen LogP contribution in [0.5, 0.6) is 0 Å². The van der Waals surface area contributed by atoms with Gasteiger partial charge in [-0.1, -0.05) is 78.4 Å². The highest BCUT2D eigenvalue weighted by Gasteiger charge is 2.25. The fourth-order valence-corrected chi connectivity index (χ4v) is 3.54. The van der Waals surface area contributed by atoms with Crippen molar-refractivity contribution in [1.29, 1.82) is 0 Å². The molecule has 0 aliphatic heterocycles. The number of esters is 1. The molecule has 0 aliphatic carbocycles. The monoisotopic (exact) mass is 449 g/mol. The lowest BCUT2D eigenvalue weighted by Crippen LogP contribution is -2.28. The number of rotatable bonds is 7. The number of carbonyl (C=O) groups is 3. The van der Waals surface area contributed by atoms with E-state index in [1.165, 1.54) is 6.07 Å². The largest absolute Gasteiger partial charge is 0.454 e. The Morgan fingerprint density at radius 1 is 0.647 bits per heavy atom. The van der Waals surface area contributed by atoms with Crippen LogP contribution in [-0.2, 0) is 4.74 Å². The maximum Gasteiger partial charge on any atom is 0.339 e. The van der Waals surface area contributed by atoms with Crippen molar-refractivity contribution in [3.8, 4) is 0 Å². The fraction of sp³-hybridized carbons (Fsp3) is 0.0690. The third-order valence-corrected chi connectivity index (χ3v) is 5.32. The van der Waals surface area contributed by atoms with Gasteiger partial charge in [0.2, 0.25) is 0 Å². The molecule has 5 nitrogen and oxygen atoms in total. The highest BCUT2D eigenvalue weighted by molar-refractivity contribution is 6.15. The van der Waals surface area contributed by atoms with E-state index in [9.17, 15) is 14.4 Å². The van der Waals surface area contributed by atoms with Crippen molar-refractivity contribution in [1.82, 2.24) is 0 Å². The van der Waals surface area contributed by atoms with E-state index in [-0.39, 0.29) is 22.8 Å². The number of ether oxygens (including phenoxy) is 1. The Morgan fingerprint density at radius 2 is 1.15 bits per heavy atom. The van der Waals surface area contributed by atoms with Gasteiger partial charge < -0.3 is 4.74 Å². The second kappa shape index (κ2) is 10.4. The number of anilines is 2. The lowest BCUT2D eigenvalue weighted by atomic mass is 10.0. The van der Waals surface area contributed by atoms with Crippen molar-refractivity contribution in [2.24, 2.45) is 0 Å². The zero-order valence-corrected chi connectivity index (χ0v) is 18.7. The van der Waals surface area contributed by atoms with Crippen LogP contribution in [0.4, 0.5) is 11.4 Å². The normalized spacial score (nSPS) is 10.4. The highest BCUT2D eigenvalue weighted by Crippen LogP contribution is 2.28. The summed E-state index contributed by atoms with van der Waals surface area (Å²) in [5.74, 6) is -1.42. The number of hydrogen-bond donors (Lipinski definition) is 0. The summed E-state index contributed by atoms with van der Waals surface area (Å²) in [6.07, 6.45) is 0. The second-order valence-corrected chi connectivity index (χ2v) is 7.72. The van der Waals surface area contributed by atoms with Gasteiger partial charge in [0.25, 0.3) is 5.91 Å². The molecule has 0 saturated carbocycles. The molecule has 0 spiro atoms. The Balaban J connectivity index is 1.60. The lowest BCUT2D eigenvalue weighted by Gasteiger charge is -2.24. The topological polar surface area (TPSA) is 63.7 Å². The molecule has 0 saturated heterocycles. The maximum atomic E-state index is 13.7. The molecule has 0 fully saturated rings. The molecule has 0 heterocycles. The molecular weight excluding hydrogens is 426 g/mol. The predicted molar refractivity (Wildman–Crippen MR) is 132 cm³/mol. The van der Waals surface area contributed by atoms with E-state index in [1.807, 2.05) is 79.7 Å². The summed E-state index contributed by atoms with van der Waals surface area (Å²) in [7, 11) is 0. The molecule has 0 N–H and O–H groups in total. The van der Waals surface area contributed by atoms with Crippen LogP contribution in [0.15, 0.2) is 109 Å². The molecule has 4 rings (SSSR count). The van der Waals surface area contributed by atoms with E-state index >= 15 is 0 Å². The third kappa shape index (κ3) is 5.10. The fourth-order valence-electron chi connectivity index (χ4n) is 3.54. The van der Waals surface area contributed by atoms with Gasteiger partial charge in [0.1, 0.15) is 0 Å². The molecule has 34 heavy (non-hydrogen) atoms. The van der Waals surface area contributed by atoms with E-state index in [0.29, 0.717) is 16.9 Å². The molecule has 0 bridgehead atoms. The van der Waals surface area contributed by atoms with Crippen LogP contribution in [0.2, 0.25) is 0 Å². The van der Waals surface area contributed by atoms with E-state index in [1.54, 1.807) is 35.2 Å². The predicted octanol–water partition coefficient (Wildman–Crippen LogP) is 6.01. The van der Waals surface area contributed by atoms with Crippen molar-refractivity contribution < 1.29 is 19.1 Å². The molecule has 0 aromatic heterocycles. The molecule has 0 atom stereocenters. The van der Waals surface area contributed by atoms with Crippen LogP contribution in [0, 0.1) is 6.92 Å². The minimum absolute atomic E-state index is 0.0982. The zero-order chi connectivity index (χ0) is 23.9. The Bertz CT molecular complexity index is 1260. The summed E-state index contributed by atoms with van der Waals surface area (Å²) in [6, 6.07) is 31.9. The van der Waals surface area contributed by atoms with Gasteiger partial charge in [0.05, 0.1) is 11.1 Å². The van der Waals surface area contributed by atoms with Crippen LogP contribution in [0.3, 0.4) is 0 Å². The van der Waals surface area contributed by atoms with Gasteiger partial charge >= 0.3 is 5.97 Å². The first-order valence-corrected chi connectivity index (χ1v) is 10.8. The third-order valence-electron chi connectivity index (χ3n) is 5.32. The number of Topliss-reactive ketones (excluding diaryl/α,β-unsaturated/α-hetero) is 1. The number of para-hydroxylation sites is 2. The quantitative estimate of drug-likeness (QED) is 0.256. The summed E-state index contributed by atoms with van der Waals surface area (Å²) in [5.41, 5.74) is 3.10. The first-order valence-electron chi connectivity index (χ1n) is 10.8. The molecule has 4 aromatic carbocycles. The Kier molecular flexibility index (Phi) is 6.94. The Labute approximate surface area is 198 Å². The first kappa shape index (κ1) is 22.7. The number of aryl methyl sites for hydroxylation is 1.